The third-order valence-corrected chi connectivity index (χ3v) is 3.07. The van der Waals surface area contributed by atoms with Crippen molar-refractivity contribution in [1.29, 1.82) is 0 Å². The van der Waals surface area contributed by atoms with Crippen LogP contribution in [0.2, 0.25) is 0 Å². The van der Waals surface area contributed by atoms with E-state index in [0.717, 1.165) is 6.07 Å². The molecule has 0 heterocycles. The molecule has 1 rings (SSSR count). The van der Waals surface area contributed by atoms with Crippen LogP contribution in [-0.4, -0.2) is 48.6 Å². The van der Waals surface area contributed by atoms with E-state index >= 15 is 0 Å². The number of ether oxygens (including phenoxy) is 3. The van der Waals surface area contributed by atoms with Crippen LogP contribution in [0.25, 0.3) is 0 Å². The molecule has 1 aromatic carbocycles. The summed E-state index contributed by atoms with van der Waals surface area (Å²) in [6.07, 6.45) is 0. The quantitative estimate of drug-likeness (QED) is 0.316. The third kappa shape index (κ3) is 6.24. The van der Waals surface area contributed by atoms with Crippen molar-refractivity contribution in [2.75, 3.05) is 25.2 Å². The first-order valence-electron chi connectivity index (χ1n) is 8.03. The number of amides is 1. The second kappa shape index (κ2) is 8.97. The summed E-state index contributed by atoms with van der Waals surface area (Å²) in [5, 5.41) is 11.4. The molecular weight excluding hydrogens is 360 g/mol. The SMILES string of the molecule is CCOC(=O)C(=O)N(CC(=O)OC(C)(C)C)c1ccc(OC)cc1[N+](=O)[O-]. The molecule has 0 aliphatic heterocycles. The molecule has 1 aromatic rings. The van der Waals surface area contributed by atoms with Gasteiger partial charge in [0.1, 0.15) is 23.6 Å². The van der Waals surface area contributed by atoms with Crippen molar-refractivity contribution < 1.29 is 33.5 Å². The Labute approximate surface area is 156 Å². The molecule has 27 heavy (non-hydrogen) atoms. The summed E-state index contributed by atoms with van der Waals surface area (Å²) >= 11 is 0. The molecule has 0 radical (unpaired) electrons. The lowest BCUT2D eigenvalue weighted by Crippen LogP contribution is -2.43. The zero-order chi connectivity index (χ0) is 20.8. The molecule has 0 saturated heterocycles. The Balaban J connectivity index is 3.37. The number of nitro groups is 1. The summed E-state index contributed by atoms with van der Waals surface area (Å²) in [5.41, 5.74) is -1.62. The number of hydrogen-bond acceptors (Lipinski definition) is 8. The van der Waals surface area contributed by atoms with Crippen LogP contribution in [0.5, 0.6) is 5.75 Å². The Morgan fingerprint density at radius 1 is 1.22 bits per heavy atom. The smallest absolute Gasteiger partial charge is 0.397 e. The van der Waals surface area contributed by atoms with Crippen LogP contribution >= 0.6 is 0 Å². The van der Waals surface area contributed by atoms with E-state index < -0.39 is 40.6 Å². The van der Waals surface area contributed by atoms with Gasteiger partial charge in [-0.3, -0.25) is 24.6 Å². The van der Waals surface area contributed by atoms with Crippen LogP contribution in [0.1, 0.15) is 27.7 Å². The van der Waals surface area contributed by atoms with Gasteiger partial charge >= 0.3 is 17.8 Å². The fourth-order valence-electron chi connectivity index (χ4n) is 2.08. The fraction of sp³-hybridized carbons (Fsp3) is 0.471. The maximum absolute atomic E-state index is 12.5. The Morgan fingerprint density at radius 2 is 1.85 bits per heavy atom. The van der Waals surface area contributed by atoms with Gasteiger partial charge in [-0.25, -0.2) is 4.79 Å². The number of carbonyl (C=O) groups is 3. The van der Waals surface area contributed by atoms with Gasteiger partial charge in [-0.2, -0.15) is 0 Å². The van der Waals surface area contributed by atoms with Crippen molar-refractivity contribution in [2.24, 2.45) is 0 Å². The number of rotatable bonds is 6. The largest absolute Gasteiger partial charge is 0.496 e. The van der Waals surface area contributed by atoms with Gasteiger partial charge in [0.2, 0.25) is 0 Å². The molecule has 10 nitrogen and oxygen atoms in total. The predicted octanol–water partition coefficient (Wildman–Crippen LogP) is 1.84. The van der Waals surface area contributed by atoms with Gasteiger partial charge < -0.3 is 14.2 Å². The maximum atomic E-state index is 12.5. The van der Waals surface area contributed by atoms with E-state index in [1.54, 1.807) is 20.8 Å². The summed E-state index contributed by atoms with van der Waals surface area (Å²) in [6.45, 7) is 5.59. The number of hydrogen-bond donors (Lipinski definition) is 0. The van der Waals surface area contributed by atoms with E-state index in [4.69, 9.17) is 9.47 Å². The van der Waals surface area contributed by atoms with E-state index in [0.29, 0.717) is 4.90 Å². The summed E-state index contributed by atoms with van der Waals surface area (Å²) < 4.78 is 14.7. The summed E-state index contributed by atoms with van der Waals surface area (Å²) in [5.74, 6) is -3.14. The van der Waals surface area contributed by atoms with Crippen molar-refractivity contribution in [3.8, 4) is 5.75 Å². The Morgan fingerprint density at radius 3 is 2.33 bits per heavy atom. The van der Waals surface area contributed by atoms with E-state index in [-0.39, 0.29) is 18.0 Å². The minimum atomic E-state index is -1.24. The normalized spacial score (nSPS) is 10.7. The van der Waals surface area contributed by atoms with Crippen LogP contribution in [-0.2, 0) is 23.9 Å². The third-order valence-electron chi connectivity index (χ3n) is 3.07. The molecule has 0 aromatic heterocycles. The average Bonchev–Trinajstić information content (AvgIpc) is 2.57. The van der Waals surface area contributed by atoms with Gasteiger partial charge in [-0.1, -0.05) is 0 Å². The summed E-state index contributed by atoms with van der Waals surface area (Å²) in [6, 6.07) is 3.65. The zero-order valence-corrected chi connectivity index (χ0v) is 15.8. The zero-order valence-electron chi connectivity index (χ0n) is 15.8. The van der Waals surface area contributed by atoms with Crippen LogP contribution in [0, 0.1) is 10.1 Å². The molecule has 0 N–H and O–H groups in total. The molecule has 10 heteroatoms. The van der Waals surface area contributed by atoms with Crippen molar-refractivity contribution in [3.63, 3.8) is 0 Å². The lowest BCUT2D eigenvalue weighted by molar-refractivity contribution is -0.384. The molecule has 0 spiro atoms. The Bertz CT molecular complexity index is 739. The first-order chi connectivity index (χ1) is 12.5. The topological polar surface area (TPSA) is 125 Å². The highest BCUT2D eigenvalue weighted by Gasteiger charge is 2.33. The van der Waals surface area contributed by atoms with E-state index in [2.05, 4.69) is 4.74 Å². The lowest BCUT2D eigenvalue weighted by atomic mass is 10.2. The second-order valence-electron chi connectivity index (χ2n) is 6.31. The van der Waals surface area contributed by atoms with Gasteiger partial charge in [0, 0.05) is 0 Å². The number of benzene rings is 1. The van der Waals surface area contributed by atoms with Gasteiger partial charge in [0.15, 0.2) is 0 Å². The molecule has 1 amide bonds. The number of methoxy groups -OCH3 is 1. The van der Waals surface area contributed by atoms with Crippen LogP contribution in [0.3, 0.4) is 0 Å². The number of nitro benzene ring substituents is 1. The van der Waals surface area contributed by atoms with Crippen molar-refractivity contribution in [2.45, 2.75) is 33.3 Å². The van der Waals surface area contributed by atoms with E-state index in [9.17, 15) is 24.5 Å². The monoisotopic (exact) mass is 382 g/mol. The lowest BCUT2D eigenvalue weighted by Gasteiger charge is -2.24. The van der Waals surface area contributed by atoms with Gasteiger partial charge in [-0.15, -0.1) is 0 Å². The van der Waals surface area contributed by atoms with Gasteiger partial charge in [0.05, 0.1) is 24.7 Å². The van der Waals surface area contributed by atoms with Crippen LogP contribution < -0.4 is 9.64 Å². The summed E-state index contributed by atoms with van der Waals surface area (Å²) in [4.78, 5) is 47.8. The molecule has 0 saturated carbocycles. The molecular formula is C17H22N2O8. The molecule has 0 aliphatic carbocycles. The molecule has 0 fully saturated rings. The minimum Gasteiger partial charge on any atom is -0.496 e. The molecule has 0 bridgehead atoms. The Hall–Kier alpha value is -3.17. The average molecular weight is 382 g/mol. The number of nitrogens with zero attached hydrogens (tertiary/aromatic N) is 2. The standard InChI is InChI=1S/C17H22N2O8/c1-6-26-16(22)15(21)18(10-14(20)27-17(2,3)4)12-8-7-11(25-5)9-13(12)19(23)24/h7-9H,6,10H2,1-5H3. The number of anilines is 1. The first-order valence-corrected chi connectivity index (χ1v) is 8.03. The molecule has 0 atom stereocenters. The highest BCUT2D eigenvalue weighted by atomic mass is 16.6. The van der Waals surface area contributed by atoms with Gasteiger partial charge in [-0.05, 0) is 39.8 Å². The van der Waals surface area contributed by atoms with Crippen molar-refractivity contribution in [3.05, 3.63) is 28.3 Å². The minimum absolute atomic E-state index is 0.0739. The van der Waals surface area contributed by atoms with Crippen molar-refractivity contribution >= 4 is 29.2 Å². The first kappa shape index (κ1) is 21.9. The fourth-order valence-corrected chi connectivity index (χ4v) is 2.08. The van der Waals surface area contributed by atoms with Crippen LogP contribution in [0.4, 0.5) is 11.4 Å². The molecule has 0 aliphatic rings. The molecule has 148 valence electrons. The highest BCUT2D eigenvalue weighted by Crippen LogP contribution is 2.32. The van der Waals surface area contributed by atoms with Crippen LogP contribution in [0.15, 0.2) is 18.2 Å². The van der Waals surface area contributed by atoms with E-state index in [1.165, 1.54) is 26.2 Å². The maximum Gasteiger partial charge on any atom is 0.397 e. The predicted molar refractivity (Wildman–Crippen MR) is 94.5 cm³/mol. The Kier molecular flexibility index (Phi) is 7.26. The molecule has 0 unspecified atom stereocenters. The number of carbonyl (C=O) groups excluding carboxylic acids is 3. The summed E-state index contributed by atoms with van der Waals surface area (Å²) in [7, 11) is 1.32. The van der Waals surface area contributed by atoms with Crippen molar-refractivity contribution in [1.82, 2.24) is 0 Å². The highest BCUT2D eigenvalue weighted by molar-refractivity contribution is 6.38. The second-order valence-corrected chi connectivity index (χ2v) is 6.31. The number of esters is 2. The van der Waals surface area contributed by atoms with E-state index in [1.807, 2.05) is 0 Å². The van der Waals surface area contributed by atoms with Gasteiger partial charge in [0.25, 0.3) is 5.69 Å².